The van der Waals surface area contributed by atoms with E-state index in [0.717, 1.165) is 50.5 Å². The Kier molecular flexibility index (Phi) is 5.81. The summed E-state index contributed by atoms with van der Waals surface area (Å²) in [5, 5.41) is 12.0. The zero-order valence-electron chi connectivity index (χ0n) is 16.9. The summed E-state index contributed by atoms with van der Waals surface area (Å²) in [6.07, 6.45) is 12.4. The van der Waals surface area contributed by atoms with Crippen LogP contribution >= 0.6 is 0 Å². The average Bonchev–Trinajstić information content (AvgIpc) is 3.09. The number of amides is 1. The van der Waals surface area contributed by atoms with E-state index in [1.165, 1.54) is 32.1 Å². The molecule has 4 fully saturated rings. The molecule has 1 amide bonds. The van der Waals surface area contributed by atoms with Gasteiger partial charge in [0, 0.05) is 24.8 Å². The van der Waals surface area contributed by atoms with Gasteiger partial charge >= 0.3 is 0 Å². The number of fused-ring (bicyclic) bond motifs is 3. The van der Waals surface area contributed by atoms with Gasteiger partial charge in [-0.3, -0.25) is 14.4 Å². The van der Waals surface area contributed by atoms with Crippen molar-refractivity contribution >= 4 is 5.91 Å². The molecule has 6 heteroatoms. The summed E-state index contributed by atoms with van der Waals surface area (Å²) in [7, 11) is 0. The molecule has 1 aromatic heterocycles. The number of carbonyl (C=O) groups excluding carboxylic acids is 1. The molecule has 2 bridgehead atoms. The molecule has 150 valence electrons. The fraction of sp³-hybridized carbons (Fsp3) is 0.857. The van der Waals surface area contributed by atoms with Crippen molar-refractivity contribution in [2.24, 2.45) is 17.8 Å². The summed E-state index contributed by atoms with van der Waals surface area (Å²) in [6.45, 7) is 7.00. The molecule has 0 radical (unpaired) electrons. The van der Waals surface area contributed by atoms with Crippen LogP contribution in [0.5, 0.6) is 0 Å². The molecule has 1 aliphatic carbocycles. The van der Waals surface area contributed by atoms with E-state index < -0.39 is 0 Å². The quantitative estimate of drug-likeness (QED) is 0.833. The largest absolute Gasteiger partial charge is 0.354 e. The Hall–Kier alpha value is -1.43. The van der Waals surface area contributed by atoms with Crippen LogP contribution in [0.3, 0.4) is 0 Å². The number of nitrogens with zero attached hydrogens (tertiary/aromatic N) is 4. The lowest BCUT2D eigenvalue weighted by Gasteiger charge is -2.49. The first-order chi connectivity index (χ1) is 13.1. The standard InChI is InChI=1S/C21H35N5O/c1-15(2)22-21(27)20-14-25-9-8-17(20)11-19(25)13-26-12-18(23-24-26)10-16-6-4-3-5-7-16/h12,15-17,19-20H,3-11,13-14H2,1-2H3,(H,22,27)/t17-,19-,20+/m1/s1. The van der Waals surface area contributed by atoms with Crippen molar-refractivity contribution in [3.05, 3.63) is 11.9 Å². The van der Waals surface area contributed by atoms with Gasteiger partial charge in [-0.2, -0.15) is 0 Å². The maximum atomic E-state index is 12.5. The normalized spacial score (nSPS) is 31.4. The van der Waals surface area contributed by atoms with Crippen molar-refractivity contribution in [3.63, 3.8) is 0 Å². The lowest BCUT2D eigenvalue weighted by Crippen LogP contribution is -2.58. The molecule has 1 N–H and O–H groups in total. The van der Waals surface area contributed by atoms with Crippen molar-refractivity contribution in [1.29, 1.82) is 0 Å². The second-order valence-electron chi connectivity index (χ2n) is 9.34. The SMILES string of the molecule is CC(C)NC(=O)[C@H]1CN2CC[C@@H]1C[C@@H]2Cn1cc(CC2CCCCC2)nn1. The third-order valence-corrected chi connectivity index (χ3v) is 6.85. The molecule has 27 heavy (non-hydrogen) atoms. The summed E-state index contributed by atoms with van der Waals surface area (Å²) >= 11 is 0. The smallest absolute Gasteiger partial charge is 0.224 e. The lowest BCUT2D eigenvalue weighted by atomic mass is 9.75. The van der Waals surface area contributed by atoms with E-state index in [9.17, 15) is 4.79 Å². The number of nitrogens with one attached hydrogen (secondary N) is 1. The van der Waals surface area contributed by atoms with E-state index in [2.05, 4.69) is 26.7 Å². The Balaban J connectivity index is 1.31. The van der Waals surface area contributed by atoms with Gasteiger partial charge in [0.1, 0.15) is 0 Å². The highest BCUT2D eigenvalue weighted by molar-refractivity contribution is 5.79. The third-order valence-electron chi connectivity index (χ3n) is 6.85. The van der Waals surface area contributed by atoms with E-state index in [0.29, 0.717) is 12.0 Å². The Morgan fingerprint density at radius 2 is 2.07 bits per heavy atom. The predicted octanol–water partition coefficient (Wildman–Crippen LogP) is 2.64. The first-order valence-electron chi connectivity index (χ1n) is 11.0. The highest BCUT2D eigenvalue weighted by Gasteiger charge is 2.43. The van der Waals surface area contributed by atoms with E-state index in [-0.39, 0.29) is 17.9 Å². The van der Waals surface area contributed by atoms with Crippen LogP contribution in [-0.2, 0) is 17.8 Å². The minimum Gasteiger partial charge on any atom is -0.354 e. The molecular weight excluding hydrogens is 338 g/mol. The maximum absolute atomic E-state index is 12.5. The van der Waals surface area contributed by atoms with Crippen LogP contribution in [0.2, 0.25) is 0 Å². The summed E-state index contributed by atoms with van der Waals surface area (Å²) in [5.41, 5.74) is 1.16. The van der Waals surface area contributed by atoms with Gasteiger partial charge in [0.2, 0.25) is 5.91 Å². The molecule has 1 unspecified atom stereocenters. The molecule has 3 saturated heterocycles. The number of rotatable bonds is 6. The highest BCUT2D eigenvalue weighted by atomic mass is 16.2. The monoisotopic (exact) mass is 373 g/mol. The summed E-state index contributed by atoms with van der Waals surface area (Å²) in [4.78, 5) is 15.0. The van der Waals surface area contributed by atoms with Crippen LogP contribution in [0.1, 0.15) is 64.5 Å². The van der Waals surface area contributed by atoms with Gasteiger partial charge in [0.15, 0.2) is 0 Å². The lowest BCUT2D eigenvalue weighted by molar-refractivity contribution is -0.133. The molecule has 1 saturated carbocycles. The van der Waals surface area contributed by atoms with Gasteiger partial charge in [-0.05, 0) is 51.5 Å². The molecule has 3 aliphatic heterocycles. The first kappa shape index (κ1) is 18.9. The molecule has 5 rings (SSSR count). The van der Waals surface area contributed by atoms with E-state index in [4.69, 9.17) is 0 Å². The van der Waals surface area contributed by atoms with Crippen LogP contribution in [0.4, 0.5) is 0 Å². The topological polar surface area (TPSA) is 63.1 Å². The second-order valence-corrected chi connectivity index (χ2v) is 9.34. The van der Waals surface area contributed by atoms with Gasteiger partial charge in [-0.1, -0.05) is 37.3 Å². The average molecular weight is 374 g/mol. The highest BCUT2D eigenvalue weighted by Crippen LogP contribution is 2.37. The Bertz CT molecular complexity index is 636. The number of hydrogen-bond acceptors (Lipinski definition) is 4. The number of piperidine rings is 3. The second kappa shape index (κ2) is 8.29. The van der Waals surface area contributed by atoms with Gasteiger partial charge in [0.25, 0.3) is 0 Å². The minimum atomic E-state index is 0.162. The number of hydrogen-bond donors (Lipinski definition) is 1. The fourth-order valence-corrected chi connectivity index (χ4v) is 5.44. The van der Waals surface area contributed by atoms with Crippen molar-refractivity contribution in [3.8, 4) is 0 Å². The number of aromatic nitrogens is 3. The van der Waals surface area contributed by atoms with Gasteiger partial charge in [-0.25, -0.2) is 0 Å². The zero-order chi connectivity index (χ0) is 18.8. The zero-order valence-corrected chi connectivity index (χ0v) is 16.9. The third kappa shape index (κ3) is 4.53. The first-order valence-corrected chi connectivity index (χ1v) is 11.0. The summed E-state index contributed by atoms with van der Waals surface area (Å²) in [6, 6.07) is 0.720. The molecule has 4 heterocycles. The van der Waals surface area contributed by atoms with Crippen molar-refractivity contribution in [2.75, 3.05) is 13.1 Å². The molecule has 4 aliphatic rings. The molecule has 0 aromatic carbocycles. The van der Waals surface area contributed by atoms with Gasteiger partial charge in [-0.15, -0.1) is 5.10 Å². The molecule has 0 spiro atoms. The van der Waals surface area contributed by atoms with Crippen LogP contribution in [0.15, 0.2) is 6.20 Å². The molecule has 1 aromatic rings. The Labute approximate surface area is 163 Å². The maximum Gasteiger partial charge on any atom is 0.224 e. The van der Waals surface area contributed by atoms with E-state index in [1.54, 1.807) is 0 Å². The van der Waals surface area contributed by atoms with Gasteiger partial charge in [0.05, 0.1) is 18.2 Å². The molecular formula is C21H35N5O. The molecule has 6 nitrogen and oxygen atoms in total. The van der Waals surface area contributed by atoms with Crippen molar-refractivity contribution < 1.29 is 4.79 Å². The van der Waals surface area contributed by atoms with Crippen LogP contribution in [-0.4, -0.2) is 51.0 Å². The Morgan fingerprint density at radius 1 is 1.26 bits per heavy atom. The molecule has 4 atom stereocenters. The van der Waals surface area contributed by atoms with Crippen molar-refractivity contribution in [2.45, 2.75) is 83.8 Å². The predicted molar refractivity (Wildman–Crippen MR) is 105 cm³/mol. The fourth-order valence-electron chi connectivity index (χ4n) is 5.44. The van der Waals surface area contributed by atoms with E-state index >= 15 is 0 Å². The van der Waals surface area contributed by atoms with Crippen molar-refractivity contribution in [1.82, 2.24) is 25.2 Å². The van der Waals surface area contributed by atoms with Crippen LogP contribution < -0.4 is 5.32 Å². The van der Waals surface area contributed by atoms with Crippen LogP contribution in [0.25, 0.3) is 0 Å². The minimum absolute atomic E-state index is 0.162. The summed E-state index contributed by atoms with van der Waals surface area (Å²) in [5.74, 6) is 1.73. The van der Waals surface area contributed by atoms with E-state index in [1.807, 2.05) is 18.5 Å². The summed E-state index contributed by atoms with van der Waals surface area (Å²) < 4.78 is 2.05. The Morgan fingerprint density at radius 3 is 2.78 bits per heavy atom. The van der Waals surface area contributed by atoms with Crippen LogP contribution in [0, 0.1) is 17.8 Å². The number of carbonyl (C=O) groups is 1. The van der Waals surface area contributed by atoms with Gasteiger partial charge < -0.3 is 5.32 Å².